The molecule has 14 aromatic carbocycles. The summed E-state index contributed by atoms with van der Waals surface area (Å²) in [6.07, 6.45) is 3.25. The molecule has 8 heterocycles. The standard InChI is InChI=1S/C46H26N2OS2.C34H19ClN2OS.C12H9BO2S/c1-3-19-40-34(13-1)36-17-7-15-32(45(36)50-40)29-11-5-9-27(23-29)28-10-6-12-31(24-28)42-44-43(48-26-47-42)38-25-30(21-22-39(38)49-44)33-16-8-18-37-35-14-2-4-20-41(35)51-46(33)37;35-24-14-15-29-28(18-24)32-33(38-29)31(36-19-37-32)23-9-4-7-21(17-23)20-6-3-8-22(16-20)25-11-5-12-27-26-10-1-2-13-30(26)39-34(25)27;14-13(15)10-6-3-5-9-8-4-1-2-7-11(8)16-12(9)10/h1-26H;1-19H;1-7,14-15H. The zero-order valence-corrected chi connectivity index (χ0v) is 60.1. The van der Waals surface area contributed by atoms with E-state index in [1.807, 2.05) is 82.5 Å². The molecular formula is C92H54BClN4O4S4. The Morgan fingerprint density at radius 2 is 0.604 bits per heavy atom. The van der Waals surface area contributed by atoms with Gasteiger partial charge < -0.3 is 18.9 Å². The topological polar surface area (TPSA) is 118 Å². The predicted octanol–water partition coefficient (Wildman–Crippen LogP) is 25.9. The van der Waals surface area contributed by atoms with Gasteiger partial charge in [-0.05, 0) is 145 Å². The van der Waals surface area contributed by atoms with Gasteiger partial charge in [0.15, 0.2) is 11.2 Å². The van der Waals surface area contributed by atoms with Crippen molar-refractivity contribution in [2.75, 3.05) is 0 Å². The highest BCUT2D eigenvalue weighted by atomic mass is 35.5. The van der Waals surface area contributed by atoms with E-state index in [1.54, 1.807) is 30.1 Å². The summed E-state index contributed by atoms with van der Waals surface area (Å²) >= 11 is 13.4. The van der Waals surface area contributed by atoms with Crippen molar-refractivity contribution in [1.82, 2.24) is 19.9 Å². The molecule has 0 aliphatic heterocycles. The molecule has 0 bridgehead atoms. The number of rotatable bonds is 8. The highest BCUT2D eigenvalue weighted by Crippen LogP contribution is 2.46. The number of thiophene rings is 4. The minimum Gasteiger partial charge on any atom is -0.452 e. The number of halogens is 1. The van der Waals surface area contributed by atoms with E-state index in [0.29, 0.717) is 21.7 Å². The Balaban J connectivity index is 0.000000119. The third kappa shape index (κ3) is 11.1. The Morgan fingerprint density at radius 1 is 0.274 bits per heavy atom. The summed E-state index contributed by atoms with van der Waals surface area (Å²) < 4.78 is 22.7. The van der Waals surface area contributed by atoms with Crippen molar-refractivity contribution in [3.63, 3.8) is 0 Å². The molecule has 0 fully saturated rings. The minimum absolute atomic E-state index is 0.582. The van der Waals surface area contributed by atoms with Gasteiger partial charge in [0.25, 0.3) is 0 Å². The molecule has 0 amide bonds. The maximum absolute atomic E-state index is 9.31. The first kappa shape index (κ1) is 63.7. The summed E-state index contributed by atoms with van der Waals surface area (Å²) in [5.74, 6) is 0. The number of aromatic nitrogens is 4. The smallest absolute Gasteiger partial charge is 0.452 e. The van der Waals surface area contributed by atoms with Crippen molar-refractivity contribution in [3.05, 3.63) is 321 Å². The van der Waals surface area contributed by atoms with E-state index in [-0.39, 0.29) is 0 Å². The third-order valence-electron chi connectivity index (χ3n) is 20.0. The zero-order chi connectivity index (χ0) is 70.5. The van der Waals surface area contributed by atoms with E-state index < -0.39 is 7.12 Å². The molecule has 22 rings (SSSR count). The van der Waals surface area contributed by atoms with Crippen LogP contribution in [0, 0.1) is 0 Å². The molecule has 0 saturated heterocycles. The van der Waals surface area contributed by atoms with Gasteiger partial charge in [-0.15, -0.1) is 45.3 Å². The number of benzene rings is 14. The van der Waals surface area contributed by atoms with Crippen LogP contribution in [0.3, 0.4) is 0 Å². The molecule has 22 aromatic rings. The molecule has 0 radical (unpaired) electrons. The van der Waals surface area contributed by atoms with Gasteiger partial charge in [-0.3, -0.25) is 0 Å². The lowest BCUT2D eigenvalue weighted by molar-refractivity contribution is 0.426. The van der Waals surface area contributed by atoms with Gasteiger partial charge in [-0.25, -0.2) is 19.9 Å². The molecule has 0 atom stereocenters. The Bertz CT molecular complexity index is 7270. The molecule has 8 nitrogen and oxygen atoms in total. The quantitative estimate of drug-likeness (QED) is 0.144. The number of fused-ring (bicyclic) bond motifs is 18. The molecule has 0 saturated carbocycles. The molecule has 0 unspecified atom stereocenters. The van der Waals surface area contributed by atoms with E-state index >= 15 is 0 Å². The van der Waals surface area contributed by atoms with E-state index in [0.717, 1.165) is 93.4 Å². The van der Waals surface area contributed by atoms with Crippen molar-refractivity contribution < 1.29 is 18.9 Å². The second-order valence-corrected chi connectivity index (χ2v) is 30.9. The maximum atomic E-state index is 9.31. The highest BCUT2D eigenvalue weighted by Gasteiger charge is 2.22. The summed E-state index contributed by atoms with van der Waals surface area (Å²) in [5.41, 5.74) is 20.4. The minimum atomic E-state index is -1.41. The lowest BCUT2D eigenvalue weighted by Crippen LogP contribution is -2.29. The van der Waals surface area contributed by atoms with Gasteiger partial charge in [-0.1, -0.05) is 236 Å². The average molecular weight is 1450 g/mol. The summed E-state index contributed by atoms with van der Waals surface area (Å²) in [6.45, 7) is 0. The van der Waals surface area contributed by atoms with Crippen LogP contribution < -0.4 is 5.46 Å². The predicted molar refractivity (Wildman–Crippen MR) is 450 cm³/mol. The van der Waals surface area contributed by atoms with E-state index in [4.69, 9.17) is 30.4 Å². The van der Waals surface area contributed by atoms with Crippen molar-refractivity contribution in [2.45, 2.75) is 0 Å². The van der Waals surface area contributed by atoms with Crippen LogP contribution in [0.5, 0.6) is 0 Å². The molecule has 14 heteroatoms. The Hall–Kier alpha value is -12.0. The first-order valence-corrected chi connectivity index (χ1v) is 38.3. The van der Waals surface area contributed by atoms with Crippen molar-refractivity contribution in [3.8, 4) is 78.1 Å². The largest absolute Gasteiger partial charge is 0.489 e. The van der Waals surface area contributed by atoms with Crippen LogP contribution in [0.1, 0.15) is 0 Å². The van der Waals surface area contributed by atoms with Crippen molar-refractivity contribution >= 4 is 194 Å². The number of furan rings is 2. The van der Waals surface area contributed by atoms with Gasteiger partial charge in [0.05, 0.1) is 0 Å². The SMILES string of the molecule is Clc1ccc2oc3c(-c4cccc(-c5cccc(-c6cccc7c6sc6ccccc67)c5)c4)ncnc3c2c1.OB(O)c1cccc2c1sc1ccccc12.c1cc(-c2cccc(-c3cccc4c3sc3ccccc34)c2)cc(-c2ncnc3c2oc2ccc(-c4cccc5c4sc4ccccc45)cc23)c1. The van der Waals surface area contributed by atoms with Crippen molar-refractivity contribution in [1.29, 1.82) is 0 Å². The van der Waals surface area contributed by atoms with Crippen LogP contribution >= 0.6 is 56.9 Å². The second-order valence-electron chi connectivity index (χ2n) is 26.2. The molecule has 0 aliphatic carbocycles. The summed E-state index contributed by atoms with van der Waals surface area (Å²) in [7, 11) is -1.41. The number of hydrogen-bond donors (Lipinski definition) is 2. The fraction of sp³-hybridized carbons (Fsp3) is 0. The monoisotopic (exact) mass is 1450 g/mol. The van der Waals surface area contributed by atoms with Gasteiger partial charge >= 0.3 is 7.12 Å². The Kier molecular flexibility index (Phi) is 15.8. The molecule has 0 spiro atoms. The van der Waals surface area contributed by atoms with Gasteiger partial charge in [0.2, 0.25) is 0 Å². The molecular weight excluding hydrogens is 1400 g/mol. The first-order valence-electron chi connectivity index (χ1n) is 34.7. The molecule has 500 valence electrons. The fourth-order valence-corrected chi connectivity index (χ4v) is 20.1. The van der Waals surface area contributed by atoms with Crippen LogP contribution in [-0.4, -0.2) is 37.1 Å². The lowest BCUT2D eigenvalue weighted by Gasteiger charge is -2.09. The Morgan fingerprint density at radius 3 is 1.04 bits per heavy atom. The number of nitrogens with zero attached hydrogens (tertiary/aromatic N) is 4. The van der Waals surface area contributed by atoms with Crippen molar-refractivity contribution in [2.24, 2.45) is 0 Å². The van der Waals surface area contributed by atoms with Crippen LogP contribution in [-0.2, 0) is 0 Å². The Labute approximate surface area is 627 Å². The average Bonchev–Trinajstić information content (AvgIpc) is 1.61. The third-order valence-corrected chi connectivity index (χ3v) is 25.1. The normalized spacial score (nSPS) is 11.7. The van der Waals surface area contributed by atoms with Crippen LogP contribution in [0.4, 0.5) is 0 Å². The van der Waals surface area contributed by atoms with E-state index in [9.17, 15) is 10.0 Å². The summed E-state index contributed by atoms with van der Waals surface area (Å²) in [6, 6.07) is 106. The van der Waals surface area contributed by atoms with Gasteiger partial charge in [-0.2, -0.15) is 0 Å². The number of hydrogen-bond acceptors (Lipinski definition) is 12. The molecule has 2 N–H and O–H groups in total. The van der Waals surface area contributed by atoms with Crippen LogP contribution in [0.25, 0.3) is 203 Å². The molecule has 8 aromatic heterocycles. The van der Waals surface area contributed by atoms with E-state index in [1.165, 1.54) is 98.4 Å². The first-order chi connectivity index (χ1) is 52.3. The van der Waals surface area contributed by atoms with Crippen LogP contribution in [0.2, 0.25) is 5.02 Å². The highest BCUT2D eigenvalue weighted by molar-refractivity contribution is 7.28. The van der Waals surface area contributed by atoms with Gasteiger partial charge in [0, 0.05) is 102 Å². The fourth-order valence-electron chi connectivity index (χ4n) is 15.0. The molecule has 0 aliphatic rings. The van der Waals surface area contributed by atoms with Crippen LogP contribution in [0.15, 0.2) is 325 Å². The summed E-state index contributed by atoms with van der Waals surface area (Å²) in [5, 5.41) is 31.2. The van der Waals surface area contributed by atoms with Gasteiger partial charge in [0.1, 0.15) is 46.2 Å². The van der Waals surface area contributed by atoms with E-state index in [2.05, 4.69) is 259 Å². The molecule has 106 heavy (non-hydrogen) atoms. The second kappa shape index (κ2) is 26.3. The maximum Gasteiger partial charge on any atom is 0.489 e. The lowest BCUT2D eigenvalue weighted by atomic mass is 9.80. The summed E-state index contributed by atoms with van der Waals surface area (Å²) in [4.78, 5) is 18.6. The zero-order valence-electron chi connectivity index (χ0n) is 56.1.